The summed E-state index contributed by atoms with van der Waals surface area (Å²) in [5.41, 5.74) is 7.41. The monoisotopic (exact) mass is 685 g/mol. The van der Waals surface area contributed by atoms with Gasteiger partial charge in [0.2, 0.25) is 0 Å². The van der Waals surface area contributed by atoms with E-state index in [2.05, 4.69) is 36.4 Å². The molecule has 0 spiro atoms. The molecule has 11 heteroatoms. The van der Waals surface area contributed by atoms with E-state index < -0.39 is 0 Å². The third-order valence-corrected chi connectivity index (χ3v) is 9.86. The highest BCUT2D eigenvalue weighted by atomic mass is 16.3. The highest BCUT2D eigenvalue weighted by molar-refractivity contribution is 6.12. The number of rotatable bonds is 4. The number of aromatic nitrogens is 9. The van der Waals surface area contributed by atoms with Gasteiger partial charge < -0.3 is 8.83 Å². The van der Waals surface area contributed by atoms with E-state index in [-0.39, 0.29) is 0 Å². The molecule has 248 valence electrons. The van der Waals surface area contributed by atoms with Gasteiger partial charge in [0.15, 0.2) is 17.5 Å². The lowest BCUT2D eigenvalue weighted by atomic mass is 9.96. The molecular formula is C42H23N9O2. The number of para-hydroxylation sites is 2. The van der Waals surface area contributed by atoms with Gasteiger partial charge in [0, 0.05) is 32.7 Å². The number of hydrogen-bond donors (Lipinski definition) is 0. The van der Waals surface area contributed by atoms with Crippen LogP contribution in [0.4, 0.5) is 0 Å². The molecule has 0 aliphatic rings. The summed E-state index contributed by atoms with van der Waals surface area (Å²) in [5.74, 6) is 2.75. The minimum absolute atomic E-state index is 0.421. The normalized spacial score (nSPS) is 12.2. The molecule has 0 saturated heterocycles. The molecule has 0 atom stereocenters. The summed E-state index contributed by atoms with van der Waals surface area (Å²) in [5, 5.41) is 19.2. The van der Waals surface area contributed by atoms with Crippen LogP contribution in [-0.4, -0.2) is 43.8 Å². The molecule has 0 aliphatic heterocycles. The van der Waals surface area contributed by atoms with Crippen molar-refractivity contribution < 1.29 is 8.83 Å². The van der Waals surface area contributed by atoms with Gasteiger partial charge in [-0.05, 0) is 41.5 Å². The lowest BCUT2D eigenvalue weighted by Gasteiger charge is -2.08. The predicted molar refractivity (Wildman–Crippen MR) is 202 cm³/mol. The average Bonchev–Trinajstić information content (AvgIpc) is 4.05. The Bertz CT molecular complexity index is 3410. The summed E-state index contributed by atoms with van der Waals surface area (Å²) < 4.78 is 17.8. The zero-order valence-corrected chi connectivity index (χ0v) is 27.6. The lowest BCUT2D eigenvalue weighted by Crippen LogP contribution is -2.06. The molecule has 53 heavy (non-hydrogen) atoms. The van der Waals surface area contributed by atoms with Crippen molar-refractivity contribution in [2.75, 3.05) is 0 Å². The third kappa shape index (κ3) is 4.04. The standard InChI is InChI=1S/C42H23N9O2/c1-3-11-24(12-4-1)27-21-22-31-29-16-8-10-18-33(29)53-36(31)35(27)39-45-42-50-41(49-40(51(42)48-39)43-37(46-49)25-13-5-2-6-14-25)44-38(47-50)26-19-20-30-28-15-7-9-17-32(28)52-34(30)23-26/h1-23H. The molecule has 6 aromatic heterocycles. The van der Waals surface area contributed by atoms with Gasteiger partial charge in [0.25, 0.3) is 17.3 Å². The van der Waals surface area contributed by atoms with Gasteiger partial charge in [-0.1, -0.05) is 109 Å². The summed E-state index contributed by atoms with van der Waals surface area (Å²) in [7, 11) is 0. The highest BCUT2D eigenvalue weighted by Gasteiger charge is 2.26. The Labute approximate surface area is 298 Å². The van der Waals surface area contributed by atoms with Crippen molar-refractivity contribution >= 4 is 61.2 Å². The Morgan fingerprint density at radius 1 is 0.377 bits per heavy atom. The minimum Gasteiger partial charge on any atom is -0.456 e. The second-order valence-corrected chi connectivity index (χ2v) is 12.9. The second kappa shape index (κ2) is 10.4. The molecule has 0 bridgehead atoms. The zero-order chi connectivity index (χ0) is 34.6. The highest BCUT2D eigenvalue weighted by Crippen LogP contribution is 2.41. The van der Waals surface area contributed by atoms with E-state index >= 15 is 0 Å². The van der Waals surface area contributed by atoms with E-state index in [0.29, 0.717) is 40.4 Å². The maximum Gasteiger partial charge on any atom is 0.260 e. The van der Waals surface area contributed by atoms with Crippen molar-refractivity contribution in [3.05, 3.63) is 140 Å². The Balaban J connectivity index is 1.15. The summed E-state index contributed by atoms with van der Waals surface area (Å²) in [6, 6.07) is 46.3. The number of furan rings is 2. The van der Waals surface area contributed by atoms with Crippen LogP contribution in [0.25, 0.3) is 107 Å². The van der Waals surface area contributed by atoms with Crippen molar-refractivity contribution in [1.29, 1.82) is 0 Å². The number of nitrogens with zero attached hydrogens (tertiary/aromatic N) is 9. The van der Waals surface area contributed by atoms with Gasteiger partial charge >= 0.3 is 0 Å². The van der Waals surface area contributed by atoms with Gasteiger partial charge in [-0.3, -0.25) is 0 Å². The Hall–Kier alpha value is -7.66. The number of benzene rings is 6. The smallest absolute Gasteiger partial charge is 0.260 e. The number of fused-ring (bicyclic) bond motifs is 12. The maximum atomic E-state index is 6.59. The molecule has 0 N–H and O–H groups in total. The Morgan fingerprint density at radius 3 is 1.58 bits per heavy atom. The maximum absolute atomic E-state index is 6.59. The second-order valence-electron chi connectivity index (χ2n) is 12.9. The van der Waals surface area contributed by atoms with E-state index in [9.17, 15) is 0 Å². The Kier molecular flexibility index (Phi) is 5.53. The molecule has 0 radical (unpaired) electrons. The van der Waals surface area contributed by atoms with Crippen molar-refractivity contribution in [2.45, 2.75) is 0 Å². The lowest BCUT2D eigenvalue weighted by molar-refractivity contribution is 0.669. The van der Waals surface area contributed by atoms with E-state index in [0.717, 1.165) is 66.1 Å². The van der Waals surface area contributed by atoms with Crippen LogP contribution >= 0.6 is 0 Å². The SMILES string of the molecule is c1ccc(-c2nc3n(n2)c2nc(-c4ccc5c(c4)oc4ccccc45)nn2c2nc(-c4c(-c5ccccc5)ccc5c4oc4ccccc45)nn32)cc1. The summed E-state index contributed by atoms with van der Waals surface area (Å²) in [6.07, 6.45) is 0. The van der Waals surface area contributed by atoms with Crippen LogP contribution in [0.3, 0.4) is 0 Å². The molecule has 0 aliphatic carbocycles. The van der Waals surface area contributed by atoms with Crippen LogP contribution < -0.4 is 0 Å². The summed E-state index contributed by atoms with van der Waals surface area (Å²) in [6.45, 7) is 0. The molecule has 12 aromatic rings. The zero-order valence-electron chi connectivity index (χ0n) is 27.6. The topological polar surface area (TPSA) is 117 Å². The molecule has 0 amide bonds. The van der Waals surface area contributed by atoms with Gasteiger partial charge in [-0.15, -0.1) is 15.3 Å². The van der Waals surface area contributed by atoms with Crippen molar-refractivity contribution in [1.82, 2.24) is 43.8 Å². The van der Waals surface area contributed by atoms with Gasteiger partial charge in [0.05, 0.1) is 5.56 Å². The van der Waals surface area contributed by atoms with Crippen LogP contribution in [0, 0.1) is 0 Å². The fourth-order valence-electron chi connectivity index (χ4n) is 7.40. The van der Waals surface area contributed by atoms with Crippen molar-refractivity contribution in [3.63, 3.8) is 0 Å². The van der Waals surface area contributed by atoms with Gasteiger partial charge in [-0.2, -0.15) is 28.5 Å². The molecule has 0 fully saturated rings. The molecule has 6 aromatic carbocycles. The molecular weight excluding hydrogens is 663 g/mol. The van der Waals surface area contributed by atoms with E-state index in [1.54, 1.807) is 13.5 Å². The van der Waals surface area contributed by atoms with Crippen LogP contribution in [0.15, 0.2) is 148 Å². The predicted octanol–water partition coefficient (Wildman–Crippen LogP) is 9.28. The summed E-state index contributed by atoms with van der Waals surface area (Å²) in [4.78, 5) is 15.2. The third-order valence-electron chi connectivity index (χ3n) is 9.86. The van der Waals surface area contributed by atoms with Gasteiger partial charge in [0.1, 0.15) is 22.3 Å². The number of hydrogen-bond acceptors (Lipinski definition) is 8. The first-order valence-corrected chi connectivity index (χ1v) is 17.1. The molecule has 0 saturated carbocycles. The first-order chi connectivity index (χ1) is 26.2. The Morgan fingerprint density at radius 2 is 0.887 bits per heavy atom. The minimum atomic E-state index is 0.421. The van der Waals surface area contributed by atoms with Crippen LogP contribution in [0.2, 0.25) is 0 Å². The van der Waals surface area contributed by atoms with Crippen LogP contribution in [0.1, 0.15) is 0 Å². The largest absolute Gasteiger partial charge is 0.456 e. The van der Waals surface area contributed by atoms with E-state index in [4.69, 9.17) is 39.1 Å². The van der Waals surface area contributed by atoms with Crippen LogP contribution in [-0.2, 0) is 0 Å². The van der Waals surface area contributed by atoms with Gasteiger partial charge in [-0.25, -0.2) is 0 Å². The van der Waals surface area contributed by atoms with Crippen molar-refractivity contribution in [3.8, 4) is 45.3 Å². The van der Waals surface area contributed by atoms with Crippen LogP contribution in [0.5, 0.6) is 0 Å². The molecule has 12 rings (SSSR count). The molecule has 0 unspecified atom stereocenters. The summed E-state index contributed by atoms with van der Waals surface area (Å²) >= 11 is 0. The quantitative estimate of drug-likeness (QED) is 0.180. The average molecular weight is 686 g/mol. The fourth-order valence-corrected chi connectivity index (χ4v) is 7.40. The molecule has 11 nitrogen and oxygen atoms in total. The first kappa shape index (κ1) is 28.1. The van der Waals surface area contributed by atoms with E-state index in [1.165, 1.54) is 0 Å². The van der Waals surface area contributed by atoms with Crippen molar-refractivity contribution in [2.24, 2.45) is 0 Å². The van der Waals surface area contributed by atoms with E-state index in [1.807, 2.05) is 103 Å². The molecule has 6 heterocycles. The first-order valence-electron chi connectivity index (χ1n) is 17.1. The fraction of sp³-hybridized carbons (Fsp3) is 0.